The van der Waals surface area contributed by atoms with Crippen molar-refractivity contribution in [2.24, 2.45) is 0 Å². The fraction of sp³-hybridized carbons (Fsp3) is 0.900. The van der Waals surface area contributed by atoms with Crippen LogP contribution in [0.15, 0.2) is 0 Å². The van der Waals surface area contributed by atoms with E-state index in [9.17, 15) is 15.0 Å². The molecule has 0 saturated heterocycles. The highest BCUT2D eigenvalue weighted by atomic mass is 16.4. The van der Waals surface area contributed by atoms with Crippen molar-refractivity contribution in [1.82, 2.24) is 0 Å². The van der Waals surface area contributed by atoms with Crippen molar-refractivity contribution < 1.29 is 19.5 Å². The van der Waals surface area contributed by atoms with Gasteiger partial charge in [0.2, 0.25) is 0 Å². The van der Waals surface area contributed by atoms with Gasteiger partial charge < -0.3 is 19.5 Å². The number of carbonyl (C=O) groups excluding carboxylic acids is 1. The van der Waals surface area contributed by atoms with E-state index in [1.165, 1.54) is 0 Å². The van der Waals surface area contributed by atoms with Crippen LogP contribution in [0.25, 0.3) is 0 Å². The van der Waals surface area contributed by atoms with E-state index in [1.807, 2.05) is 0 Å². The molecule has 4 nitrogen and oxygen atoms in total. The summed E-state index contributed by atoms with van der Waals surface area (Å²) in [6.45, 7) is 6.63. The van der Waals surface area contributed by atoms with Gasteiger partial charge in [0.15, 0.2) is 0 Å². The number of hydrogen-bond acceptors (Lipinski definition) is 3. The summed E-state index contributed by atoms with van der Waals surface area (Å²) in [5.41, 5.74) is 0. The molecular formula is C10H21NO3. The van der Waals surface area contributed by atoms with Crippen LogP contribution in [0.4, 0.5) is 0 Å². The summed E-state index contributed by atoms with van der Waals surface area (Å²) < 4.78 is 0.772. The van der Waals surface area contributed by atoms with Crippen LogP contribution in [0.5, 0.6) is 0 Å². The monoisotopic (exact) mass is 203 g/mol. The normalized spacial score (nSPS) is 14.0. The van der Waals surface area contributed by atoms with E-state index in [1.54, 1.807) is 0 Å². The van der Waals surface area contributed by atoms with E-state index in [0.29, 0.717) is 6.54 Å². The van der Waals surface area contributed by atoms with Crippen LogP contribution in [0.3, 0.4) is 0 Å². The fourth-order valence-corrected chi connectivity index (χ4v) is 1.37. The van der Waals surface area contributed by atoms with Gasteiger partial charge in [0, 0.05) is 5.97 Å². The lowest BCUT2D eigenvalue weighted by Crippen LogP contribution is -2.48. The number of hydrogen-bond donors (Lipinski definition) is 1. The lowest BCUT2D eigenvalue weighted by atomic mass is 10.1. The van der Waals surface area contributed by atoms with Crippen molar-refractivity contribution in [3.8, 4) is 0 Å². The van der Waals surface area contributed by atoms with Crippen molar-refractivity contribution in [3.63, 3.8) is 0 Å². The van der Waals surface area contributed by atoms with E-state index in [-0.39, 0.29) is 12.8 Å². The molecule has 84 valence electrons. The maximum absolute atomic E-state index is 10.2. The predicted octanol–water partition coefficient (Wildman–Crippen LogP) is -0.636. The fourth-order valence-electron chi connectivity index (χ4n) is 1.37. The molecule has 0 aromatic rings. The molecule has 1 N–H and O–H groups in total. The first kappa shape index (κ1) is 13.4. The Bertz CT molecular complexity index is 178. The molecule has 0 aliphatic heterocycles. The maximum Gasteiger partial charge on any atom is 0.105 e. The summed E-state index contributed by atoms with van der Waals surface area (Å²) in [4.78, 5) is 10.2. The highest BCUT2D eigenvalue weighted by molar-refractivity contribution is 5.64. The van der Waals surface area contributed by atoms with Crippen LogP contribution in [0.1, 0.15) is 26.7 Å². The molecule has 0 saturated carbocycles. The van der Waals surface area contributed by atoms with Gasteiger partial charge in [0.05, 0.1) is 20.1 Å². The van der Waals surface area contributed by atoms with Crippen LogP contribution < -0.4 is 5.11 Å². The Balaban J connectivity index is 3.90. The number of carboxylic acid groups (broad SMARTS) is 1. The van der Waals surface area contributed by atoms with E-state index in [4.69, 9.17) is 0 Å². The minimum Gasteiger partial charge on any atom is -0.550 e. The number of aliphatic hydroxyl groups is 1. The minimum atomic E-state index is -1.09. The van der Waals surface area contributed by atoms with Gasteiger partial charge in [-0.3, -0.25) is 0 Å². The van der Waals surface area contributed by atoms with E-state index in [2.05, 4.69) is 20.9 Å². The quantitative estimate of drug-likeness (QED) is 0.560. The van der Waals surface area contributed by atoms with Gasteiger partial charge in [-0.1, -0.05) is 0 Å². The number of carboxylic acids is 1. The number of rotatable bonds is 7. The third kappa shape index (κ3) is 5.19. The predicted molar refractivity (Wildman–Crippen MR) is 52.4 cm³/mol. The molecule has 14 heavy (non-hydrogen) atoms. The Morgan fingerprint density at radius 3 is 2.29 bits per heavy atom. The zero-order valence-corrected chi connectivity index (χ0v) is 9.32. The standard InChI is InChI=1S/C10H21NO3/c1-4-11(3,5-2)8-9(12)6-7-10(13)14/h9,12H,4-8H2,1-3H3. The third-order valence-corrected chi connectivity index (χ3v) is 2.86. The average Bonchev–Trinajstić information content (AvgIpc) is 2.14. The second kappa shape index (κ2) is 5.98. The van der Waals surface area contributed by atoms with Crippen molar-refractivity contribution in [1.29, 1.82) is 0 Å². The number of nitrogens with zero attached hydrogens (tertiary/aromatic N) is 1. The number of likely N-dealkylation sites (N-methyl/N-ethyl adjacent to an activating group) is 1. The van der Waals surface area contributed by atoms with Crippen LogP contribution in [-0.4, -0.2) is 48.3 Å². The SMILES string of the molecule is CC[N+](C)(CC)CC(O)CCC(=O)[O-]. The Kier molecular flexibility index (Phi) is 5.72. The van der Waals surface area contributed by atoms with Crippen LogP contribution in [0.2, 0.25) is 0 Å². The molecule has 0 heterocycles. The molecule has 0 aromatic carbocycles. The highest BCUT2D eigenvalue weighted by Crippen LogP contribution is 2.06. The van der Waals surface area contributed by atoms with Gasteiger partial charge in [-0.2, -0.15) is 0 Å². The second-order valence-corrected chi connectivity index (χ2v) is 4.00. The van der Waals surface area contributed by atoms with Crippen LogP contribution in [-0.2, 0) is 4.79 Å². The molecule has 0 rings (SSSR count). The Labute approximate surface area is 85.7 Å². The Morgan fingerprint density at radius 2 is 1.93 bits per heavy atom. The second-order valence-electron chi connectivity index (χ2n) is 4.00. The Morgan fingerprint density at radius 1 is 1.43 bits per heavy atom. The molecule has 0 spiro atoms. The van der Waals surface area contributed by atoms with Crippen molar-refractivity contribution in [3.05, 3.63) is 0 Å². The molecule has 0 radical (unpaired) electrons. The molecule has 0 aromatic heterocycles. The molecule has 4 heteroatoms. The van der Waals surface area contributed by atoms with Gasteiger partial charge in [-0.25, -0.2) is 0 Å². The van der Waals surface area contributed by atoms with Gasteiger partial charge in [-0.15, -0.1) is 0 Å². The first-order chi connectivity index (χ1) is 6.43. The zero-order chi connectivity index (χ0) is 11.2. The third-order valence-electron chi connectivity index (χ3n) is 2.86. The van der Waals surface area contributed by atoms with E-state index >= 15 is 0 Å². The smallest absolute Gasteiger partial charge is 0.105 e. The zero-order valence-electron chi connectivity index (χ0n) is 9.32. The number of aliphatic carboxylic acids is 1. The summed E-state index contributed by atoms with van der Waals surface area (Å²) >= 11 is 0. The molecule has 1 unspecified atom stereocenters. The highest BCUT2D eigenvalue weighted by Gasteiger charge is 2.21. The van der Waals surface area contributed by atoms with Gasteiger partial charge in [0.25, 0.3) is 0 Å². The number of aliphatic hydroxyl groups excluding tert-OH is 1. The summed E-state index contributed by atoms with van der Waals surface area (Å²) in [5.74, 6) is -1.09. The van der Waals surface area contributed by atoms with Gasteiger partial charge in [0.1, 0.15) is 12.6 Å². The average molecular weight is 203 g/mol. The molecule has 0 amide bonds. The summed E-state index contributed by atoms with van der Waals surface area (Å²) in [5, 5.41) is 19.8. The van der Waals surface area contributed by atoms with E-state index in [0.717, 1.165) is 17.6 Å². The van der Waals surface area contributed by atoms with Gasteiger partial charge in [-0.05, 0) is 26.7 Å². The summed E-state index contributed by atoms with van der Waals surface area (Å²) in [7, 11) is 2.06. The first-order valence-electron chi connectivity index (χ1n) is 5.15. The lowest BCUT2D eigenvalue weighted by Gasteiger charge is -2.34. The molecule has 0 aliphatic carbocycles. The maximum atomic E-state index is 10.2. The molecule has 0 bridgehead atoms. The van der Waals surface area contributed by atoms with Crippen molar-refractivity contribution in [2.75, 3.05) is 26.7 Å². The topological polar surface area (TPSA) is 60.4 Å². The van der Waals surface area contributed by atoms with Crippen molar-refractivity contribution in [2.45, 2.75) is 32.8 Å². The first-order valence-corrected chi connectivity index (χ1v) is 5.15. The van der Waals surface area contributed by atoms with Crippen LogP contribution in [0, 0.1) is 0 Å². The van der Waals surface area contributed by atoms with Crippen LogP contribution >= 0.6 is 0 Å². The Hall–Kier alpha value is -0.610. The van der Waals surface area contributed by atoms with Gasteiger partial charge >= 0.3 is 0 Å². The lowest BCUT2D eigenvalue weighted by molar-refractivity contribution is -0.909. The number of carbonyl (C=O) groups is 1. The molecule has 1 atom stereocenters. The summed E-state index contributed by atoms with van der Waals surface area (Å²) in [6.07, 6.45) is -0.317. The van der Waals surface area contributed by atoms with E-state index < -0.39 is 12.1 Å². The molecule has 0 aliphatic rings. The minimum absolute atomic E-state index is 0.0609. The molecule has 0 fully saturated rings. The summed E-state index contributed by atoms with van der Waals surface area (Å²) in [6, 6.07) is 0. The van der Waals surface area contributed by atoms with Crippen molar-refractivity contribution >= 4 is 5.97 Å². The number of quaternary nitrogens is 1. The molecular weight excluding hydrogens is 182 g/mol. The largest absolute Gasteiger partial charge is 0.550 e.